The van der Waals surface area contributed by atoms with Crippen molar-refractivity contribution >= 4 is 21.6 Å². The number of carbonyl (C=O) groups is 1. The Bertz CT molecular complexity index is 1210. The molecule has 1 amide bonds. The van der Waals surface area contributed by atoms with Gasteiger partial charge in [-0.3, -0.25) is 9.10 Å². The normalized spacial score (nSPS) is 12.1. The monoisotopic (exact) mass is 508 g/mol. The number of rotatable bonds is 13. The smallest absolute Gasteiger partial charge is 0.264 e. The lowest BCUT2D eigenvalue weighted by molar-refractivity contribution is 0.0946. The van der Waals surface area contributed by atoms with E-state index in [1.807, 2.05) is 30.3 Å². The number of ether oxygens (including phenoxy) is 1. The maximum Gasteiger partial charge on any atom is 0.264 e. The van der Waals surface area contributed by atoms with E-state index < -0.39 is 10.0 Å². The summed E-state index contributed by atoms with van der Waals surface area (Å²) >= 11 is 0. The van der Waals surface area contributed by atoms with Crippen molar-refractivity contribution in [3.05, 3.63) is 90.0 Å². The van der Waals surface area contributed by atoms with Crippen molar-refractivity contribution in [1.29, 1.82) is 0 Å². The fourth-order valence-electron chi connectivity index (χ4n) is 4.08. The summed E-state index contributed by atoms with van der Waals surface area (Å²) in [6, 6.07) is 22.5. The van der Waals surface area contributed by atoms with Gasteiger partial charge < -0.3 is 10.1 Å². The number of hydrogen-bond donors (Lipinski definition) is 1. The molecule has 7 heteroatoms. The second kappa shape index (κ2) is 13.1. The number of nitrogens with zero attached hydrogens (tertiary/aromatic N) is 1. The second-order valence-electron chi connectivity index (χ2n) is 8.82. The molecule has 0 aromatic heterocycles. The minimum Gasteiger partial charge on any atom is -0.497 e. The number of benzene rings is 3. The van der Waals surface area contributed by atoms with Crippen LogP contribution < -0.4 is 14.4 Å². The van der Waals surface area contributed by atoms with Crippen LogP contribution in [0.4, 0.5) is 5.69 Å². The van der Waals surface area contributed by atoms with Crippen LogP contribution in [0.5, 0.6) is 5.75 Å². The number of unbranched alkanes of at least 4 members (excludes halogenated alkanes) is 1. The molecule has 3 aromatic carbocycles. The van der Waals surface area contributed by atoms with Crippen LogP contribution in [0, 0.1) is 5.92 Å². The van der Waals surface area contributed by atoms with Gasteiger partial charge >= 0.3 is 0 Å². The van der Waals surface area contributed by atoms with Gasteiger partial charge in [-0.2, -0.15) is 0 Å². The van der Waals surface area contributed by atoms with Gasteiger partial charge in [0.05, 0.1) is 29.8 Å². The molecule has 0 saturated heterocycles. The van der Waals surface area contributed by atoms with Crippen molar-refractivity contribution in [1.82, 2.24) is 5.32 Å². The predicted octanol–water partition coefficient (Wildman–Crippen LogP) is 6.04. The predicted molar refractivity (Wildman–Crippen MR) is 145 cm³/mol. The third-order valence-electron chi connectivity index (χ3n) is 6.33. The first kappa shape index (κ1) is 27.3. The fraction of sp³-hybridized carbons (Fsp3) is 0.345. The maximum absolute atomic E-state index is 13.9. The zero-order valence-corrected chi connectivity index (χ0v) is 22.1. The number of anilines is 1. The van der Waals surface area contributed by atoms with Crippen molar-refractivity contribution in [3.8, 4) is 5.75 Å². The summed E-state index contributed by atoms with van der Waals surface area (Å²) in [6.45, 7) is 4.94. The summed E-state index contributed by atoms with van der Waals surface area (Å²) < 4.78 is 34.3. The molecule has 3 rings (SSSR count). The fourth-order valence-corrected chi connectivity index (χ4v) is 5.55. The van der Waals surface area contributed by atoms with E-state index in [0.29, 0.717) is 29.5 Å². The first-order valence-corrected chi connectivity index (χ1v) is 13.9. The topological polar surface area (TPSA) is 75.7 Å². The minimum absolute atomic E-state index is 0.0909. The summed E-state index contributed by atoms with van der Waals surface area (Å²) in [5.41, 5.74) is 1.49. The van der Waals surface area contributed by atoms with Gasteiger partial charge in [-0.05, 0) is 54.3 Å². The third-order valence-corrected chi connectivity index (χ3v) is 8.10. The molecule has 1 N–H and O–H groups in total. The lowest BCUT2D eigenvalue weighted by atomic mass is 9.99. The number of sulfonamides is 1. The summed E-state index contributed by atoms with van der Waals surface area (Å²) in [5, 5.41) is 3.05. The zero-order valence-electron chi connectivity index (χ0n) is 21.3. The van der Waals surface area contributed by atoms with Gasteiger partial charge in [0.15, 0.2) is 0 Å². The van der Waals surface area contributed by atoms with Crippen molar-refractivity contribution in [2.24, 2.45) is 5.92 Å². The van der Waals surface area contributed by atoms with Crippen LogP contribution in [-0.2, 0) is 16.6 Å². The lowest BCUT2D eigenvalue weighted by Gasteiger charge is -2.27. The van der Waals surface area contributed by atoms with E-state index in [9.17, 15) is 13.2 Å². The molecule has 36 heavy (non-hydrogen) atoms. The highest BCUT2D eigenvalue weighted by Crippen LogP contribution is 2.30. The van der Waals surface area contributed by atoms with Crippen LogP contribution in [0.2, 0.25) is 0 Å². The van der Waals surface area contributed by atoms with Gasteiger partial charge in [0, 0.05) is 6.54 Å². The average Bonchev–Trinajstić information content (AvgIpc) is 2.92. The standard InChI is InChI=1S/C29H36N2O4S/c1-4-6-12-23(5-2)21-30-29(32)27-15-10-11-16-28(27)31(22-24-13-8-7-9-14-24)36(33,34)26-19-17-25(35-3)18-20-26/h7-11,13-20,23H,4-6,12,21-22H2,1-3H3,(H,30,32)/t23-/m0/s1. The van der Waals surface area contributed by atoms with E-state index in [-0.39, 0.29) is 17.3 Å². The molecule has 0 fully saturated rings. The summed E-state index contributed by atoms with van der Waals surface area (Å²) in [5.74, 6) is 0.685. The average molecular weight is 509 g/mol. The van der Waals surface area contributed by atoms with Gasteiger partial charge in [0.25, 0.3) is 15.9 Å². The van der Waals surface area contributed by atoms with Crippen LogP contribution in [-0.4, -0.2) is 28.0 Å². The van der Waals surface area contributed by atoms with E-state index in [0.717, 1.165) is 31.2 Å². The van der Waals surface area contributed by atoms with Gasteiger partial charge in [-0.25, -0.2) is 8.42 Å². The second-order valence-corrected chi connectivity index (χ2v) is 10.7. The molecule has 0 spiro atoms. The molecule has 6 nitrogen and oxygen atoms in total. The Kier molecular flexibility index (Phi) is 9.94. The van der Waals surface area contributed by atoms with Crippen LogP contribution in [0.3, 0.4) is 0 Å². The molecular formula is C29H36N2O4S. The molecule has 0 heterocycles. The molecule has 0 radical (unpaired) electrons. The van der Waals surface area contributed by atoms with Crippen LogP contribution in [0.15, 0.2) is 83.8 Å². The number of para-hydroxylation sites is 1. The SMILES string of the molecule is CCCC[C@H](CC)CNC(=O)c1ccccc1N(Cc1ccccc1)S(=O)(=O)c1ccc(OC)cc1. The maximum atomic E-state index is 13.9. The van der Waals surface area contributed by atoms with Gasteiger partial charge in [-0.15, -0.1) is 0 Å². The summed E-state index contributed by atoms with van der Waals surface area (Å²) in [7, 11) is -2.45. The van der Waals surface area contributed by atoms with Gasteiger partial charge in [0.1, 0.15) is 5.75 Å². The molecule has 3 aromatic rings. The Morgan fingerprint density at radius 2 is 1.61 bits per heavy atom. The van der Waals surface area contributed by atoms with Crippen LogP contribution >= 0.6 is 0 Å². The molecular weight excluding hydrogens is 472 g/mol. The highest BCUT2D eigenvalue weighted by atomic mass is 32.2. The van der Waals surface area contributed by atoms with E-state index >= 15 is 0 Å². The molecule has 1 atom stereocenters. The first-order valence-electron chi connectivity index (χ1n) is 12.5. The Hall–Kier alpha value is -3.32. The van der Waals surface area contributed by atoms with Crippen LogP contribution in [0.25, 0.3) is 0 Å². The van der Waals surface area contributed by atoms with Crippen molar-refractivity contribution < 1.29 is 17.9 Å². The van der Waals surface area contributed by atoms with E-state index in [4.69, 9.17) is 4.74 Å². The Morgan fingerprint density at radius 3 is 2.25 bits per heavy atom. The third kappa shape index (κ3) is 6.88. The summed E-state index contributed by atoms with van der Waals surface area (Å²) in [6.07, 6.45) is 4.27. The number of methoxy groups -OCH3 is 1. The molecule has 0 bridgehead atoms. The largest absolute Gasteiger partial charge is 0.497 e. The van der Waals surface area contributed by atoms with Gasteiger partial charge in [-0.1, -0.05) is 75.6 Å². The number of nitrogens with one attached hydrogen (secondary N) is 1. The molecule has 192 valence electrons. The number of hydrogen-bond acceptors (Lipinski definition) is 4. The molecule has 0 aliphatic heterocycles. The van der Waals surface area contributed by atoms with E-state index in [1.54, 1.807) is 36.4 Å². The summed E-state index contributed by atoms with van der Waals surface area (Å²) in [4.78, 5) is 13.4. The lowest BCUT2D eigenvalue weighted by Crippen LogP contribution is -2.34. The Balaban J connectivity index is 1.98. The van der Waals surface area contributed by atoms with E-state index in [2.05, 4.69) is 19.2 Å². The van der Waals surface area contributed by atoms with Crippen molar-refractivity contribution in [3.63, 3.8) is 0 Å². The highest BCUT2D eigenvalue weighted by Gasteiger charge is 2.29. The van der Waals surface area contributed by atoms with Crippen molar-refractivity contribution in [2.45, 2.75) is 51.0 Å². The number of carbonyl (C=O) groups excluding carboxylic acids is 1. The first-order chi connectivity index (χ1) is 17.4. The van der Waals surface area contributed by atoms with E-state index in [1.165, 1.54) is 23.5 Å². The molecule has 0 saturated carbocycles. The van der Waals surface area contributed by atoms with Crippen molar-refractivity contribution in [2.75, 3.05) is 18.0 Å². The quantitative estimate of drug-likeness (QED) is 0.306. The Labute approximate surface area is 215 Å². The highest BCUT2D eigenvalue weighted by molar-refractivity contribution is 7.92. The molecule has 0 aliphatic rings. The Morgan fingerprint density at radius 1 is 0.944 bits per heavy atom. The molecule has 0 aliphatic carbocycles. The van der Waals surface area contributed by atoms with Gasteiger partial charge in [0.2, 0.25) is 0 Å². The molecule has 0 unspecified atom stereocenters. The zero-order chi connectivity index (χ0) is 26.0. The number of amides is 1. The minimum atomic E-state index is -3.98. The van der Waals surface area contributed by atoms with Crippen LogP contribution in [0.1, 0.15) is 55.5 Å².